The highest BCUT2D eigenvalue weighted by Crippen LogP contribution is 2.13. The fraction of sp³-hybridized carbons (Fsp3) is 0.263. The van der Waals surface area contributed by atoms with E-state index in [-0.39, 0.29) is 18.6 Å². The number of rotatable bonds is 7. The average Bonchev–Trinajstić information content (AvgIpc) is 2.59. The Morgan fingerprint density at radius 2 is 1.87 bits per heavy atom. The molecule has 0 saturated heterocycles. The summed E-state index contributed by atoms with van der Waals surface area (Å²) < 4.78 is 0. The summed E-state index contributed by atoms with van der Waals surface area (Å²) in [7, 11) is 0. The minimum atomic E-state index is -0.192. The third kappa shape index (κ3) is 5.58. The van der Waals surface area contributed by atoms with E-state index in [9.17, 15) is 4.79 Å². The lowest BCUT2D eigenvalue weighted by molar-refractivity contribution is -0.126. The molecule has 0 unspecified atom stereocenters. The van der Waals surface area contributed by atoms with Gasteiger partial charge in [0, 0.05) is 0 Å². The Labute approximate surface area is 137 Å². The number of amides is 1. The second kappa shape index (κ2) is 8.73. The van der Waals surface area contributed by atoms with E-state index in [4.69, 9.17) is 4.84 Å². The zero-order valence-electron chi connectivity index (χ0n) is 13.5. The van der Waals surface area contributed by atoms with E-state index in [2.05, 4.69) is 29.5 Å². The van der Waals surface area contributed by atoms with Crippen molar-refractivity contribution in [2.24, 2.45) is 5.16 Å². The maximum atomic E-state index is 11.9. The molecule has 0 aromatic heterocycles. The number of nitrogens with zero attached hydrogens (tertiary/aromatic N) is 1. The van der Waals surface area contributed by atoms with Gasteiger partial charge in [0.1, 0.15) is 0 Å². The number of carbonyl (C=O) groups is 1. The molecule has 0 heterocycles. The number of carbonyl (C=O) groups excluding carboxylic acids is 1. The third-order valence-corrected chi connectivity index (χ3v) is 3.54. The summed E-state index contributed by atoms with van der Waals surface area (Å²) >= 11 is 0. The standard InChI is InChI=1S/C19H22N2O2/c1-3-16-9-11-18(12-10-16)15(2)21-19(22)14-23-20-13-17-7-5-4-6-8-17/h4-13,15H,3,14H2,1-2H3,(H,21,22)/b20-13-/t15-/m1/s1. The Hall–Kier alpha value is -2.62. The van der Waals surface area contributed by atoms with Gasteiger partial charge in [0.15, 0.2) is 6.61 Å². The number of nitrogens with one attached hydrogen (secondary N) is 1. The summed E-state index contributed by atoms with van der Waals surface area (Å²) in [4.78, 5) is 16.9. The van der Waals surface area contributed by atoms with Gasteiger partial charge in [-0.3, -0.25) is 4.79 Å². The molecule has 0 aliphatic carbocycles. The number of oxime groups is 1. The number of aryl methyl sites for hydroxylation is 1. The van der Waals surface area contributed by atoms with Gasteiger partial charge >= 0.3 is 0 Å². The molecule has 0 radical (unpaired) electrons. The van der Waals surface area contributed by atoms with Crippen LogP contribution in [0.1, 0.15) is 36.6 Å². The maximum absolute atomic E-state index is 11.9. The van der Waals surface area contributed by atoms with Crippen molar-refractivity contribution in [3.8, 4) is 0 Å². The van der Waals surface area contributed by atoms with Crippen LogP contribution in [-0.4, -0.2) is 18.7 Å². The minimum Gasteiger partial charge on any atom is -0.386 e. The fourth-order valence-electron chi connectivity index (χ4n) is 2.14. The van der Waals surface area contributed by atoms with Gasteiger partial charge in [0.05, 0.1) is 12.3 Å². The minimum absolute atomic E-state index is 0.0601. The molecule has 0 aliphatic rings. The first-order chi connectivity index (χ1) is 11.2. The van der Waals surface area contributed by atoms with E-state index < -0.39 is 0 Å². The summed E-state index contributed by atoms with van der Waals surface area (Å²) in [6, 6.07) is 17.8. The van der Waals surface area contributed by atoms with E-state index in [0.717, 1.165) is 17.5 Å². The van der Waals surface area contributed by atoms with E-state index in [1.165, 1.54) is 5.56 Å². The fourth-order valence-corrected chi connectivity index (χ4v) is 2.14. The van der Waals surface area contributed by atoms with Crippen LogP contribution in [0.3, 0.4) is 0 Å². The molecule has 0 bridgehead atoms. The second-order valence-corrected chi connectivity index (χ2v) is 5.30. The van der Waals surface area contributed by atoms with Crippen molar-refractivity contribution in [1.82, 2.24) is 5.32 Å². The van der Waals surface area contributed by atoms with Crippen LogP contribution in [0.25, 0.3) is 0 Å². The number of benzene rings is 2. The molecule has 23 heavy (non-hydrogen) atoms. The molecular formula is C19H22N2O2. The molecule has 0 fully saturated rings. The van der Waals surface area contributed by atoms with Gasteiger partial charge in [-0.25, -0.2) is 0 Å². The van der Waals surface area contributed by atoms with Gasteiger partial charge in [0.25, 0.3) is 5.91 Å². The Balaban J connectivity index is 1.76. The summed E-state index contributed by atoms with van der Waals surface area (Å²) in [5, 5.41) is 6.69. The van der Waals surface area contributed by atoms with E-state index in [1.54, 1.807) is 6.21 Å². The second-order valence-electron chi connectivity index (χ2n) is 5.30. The molecule has 1 N–H and O–H groups in total. The molecule has 1 atom stereocenters. The van der Waals surface area contributed by atoms with Crippen molar-refractivity contribution in [3.63, 3.8) is 0 Å². The van der Waals surface area contributed by atoms with Crippen LogP contribution in [0.2, 0.25) is 0 Å². The van der Waals surface area contributed by atoms with E-state index in [0.29, 0.717) is 0 Å². The first kappa shape index (κ1) is 16.7. The van der Waals surface area contributed by atoms with Crippen LogP contribution in [0.15, 0.2) is 59.8 Å². The highest BCUT2D eigenvalue weighted by Gasteiger charge is 2.09. The normalized spacial score (nSPS) is 12.1. The molecule has 0 aliphatic heterocycles. The summed E-state index contributed by atoms with van der Waals surface area (Å²) in [6.07, 6.45) is 2.59. The van der Waals surface area contributed by atoms with Crippen LogP contribution < -0.4 is 5.32 Å². The van der Waals surface area contributed by atoms with Gasteiger partial charge in [-0.05, 0) is 30.0 Å². The van der Waals surface area contributed by atoms with E-state index >= 15 is 0 Å². The molecule has 4 heteroatoms. The number of hydrogen-bond donors (Lipinski definition) is 1. The topological polar surface area (TPSA) is 50.7 Å². The summed E-state index contributed by atoms with van der Waals surface area (Å²) in [5.41, 5.74) is 3.28. The van der Waals surface area contributed by atoms with Gasteiger partial charge in [-0.2, -0.15) is 0 Å². The smallest absolute Gasteiger partial charge is 0.261 e. The summed E-state index contributed by atoms with van der Waals surface area (Å²) in [5.74, 6) is -0.192. The van der Waals surface area contributed by atoms with Gasteiger partial charge in [0.2, 0.25) is 0 Å². The van der Waals surface area contributed by atoms with Crippen LogP contribution in [-0.2, 0) is 16.1 Å². The molecule has 4 nitrogen and oxygen atoms in total. The Morgan fingerprint density at radius 3 is 2.52 bits per heavy atom. The zero-order chi connectivity index (χ0) is 16.5. The Morgan fingerprint density at radius 1 is 1.17 bits per heavy atom. The Kier molecular flexibility index (Phi) is 6.36. The average molecular weight is 310 g/mol. The highest BCUT2D eigenvalue weighted by atomic mass is 16.6. The zero-order valence-corrected chi connectivity index (χ0v) is 13.5. The van der Waals surface area contributed by atoms with Crippen molar-refractivity contribution >= 4 is 12.1 Å². The first-order valence-electron chi connectivity index (χ1n) is 7.77. The molecule has 1 amide bonds. The van der Waals surface area contributed by atoms with Crippen LogP contribution in [0.5, 0.6) is 0 Å². The van der Waals surface area contributed by atoms with Crippen molar-refractivity contribution in [1.29, 1.82) is 0 Å². The van der Waals surface area contributed by atoms with Crippen LogP contribution >= 0.6 is 0 Å². The van der Waals surface area contributed by atoms with Crippen LogP contribution in [0, 0.1) is 0 Å². The predicted molar refractivity (Wildman–Crippen MR) is 92.4 cm³/mol. The lowest BCUT2D eigenvalue weighted by atomic mass is 10.1. The van der Waals surface area contributed by atoms with Gasteiger partial charge in [-0.1, -0.05) is 66.7 Å². The lowest BCUT2D eigenvalue weighted by Gasteiger charge is -2.14. The molecular weight excluding hydrogens is 288 g/mol. The molecule has 2 rings (SSSR count). The highest BCUT2D eigenvalue weighted by molar-refractivity contribution is 5.79. The largest absolute Gasteiger partial charge is 0.386 e. The quantitative estimate of drug-likeness (QED) is 0.629. The first-order valence-corrected chi connectivity index (χ1v) is 7.77. The molecule has 120 valence electrons. The van der Waals surface area contributed by atoms with E-state index in [1.807, 2.05) is 49.4 Å². The molecule has 2 aromatic rings. The monoisotopic (exact) mass is 310 g/mol. The third-order valence-electron chi connectivity index (χ3n) is 3.54. The molecule has 0 saturated carbocycles. The van der Waals surface area contributed by atoms with Gasteiger partial charge in [-0.15, -0.1) is 0 Å². The molecule has 2 aromatic carbocycles. The lowest BCUT2D eigenvalue weighted by Crippen LogP contribution is -2.29. The predicted octanol–water partition coefficient (Wildman–Crippen LogP) is 3.48. The van der Waals surface area contributed by atoms with Crippen molar-refractivity contribution < 1.29 is 9.63 Å². The van der Waals surface area contributed by atoms with Crippen molar-refractivity contribution in [2.45, 2.75) is 26.3 Å². The van der Waals surface area contributed by atoms with Gasteiger partial charge < -0.3 is 10.2 Å². The molecule has 0 spiro atoms. The van der Waals surface area contributed by atoms with Crippen molar-refractivity contribution in [3.05, 3.63) is 71.3 Å². The maximum Gasteiger partial charge on any atom is 0.261 e. The number of hydrogen-bond acceptors (Lipinski definition) is 3. The Bertz CT molecular complexity index is 636. The summed E-state index contributed by atoms with van der Waals surface area (Å²) in [6.45, 7) is 3.97. The van der Waals surface area contributed by atoms with Crippen LogP contribution in [0.4, 0.5) is 0 Å². The SMILES string of the molecule is CCc1ccc([C@@H](C)NC(=O)CO/N=C\c2ccccc2)cc1. The van der Waals surface area contributed by atoms with Crippen molar-refractivity contribution in [2.75, 3.05) is 6.61 Å².